The number of aromatic nitrogens is 1. The van der Waals surface area contributed by atoms with E-state index < -0.39 is 11.5 Å². The fraction of sp³-hybridized carbons (Fsp3) is 0.261. The maximum Gasteiger partial charge on any atom is 0.334 e. The van der Waals surface area contributed by atoms with Crippen molar-refractivity contribution in [3.8, 4) is 11.3 Å². The van der Waals surface area contributed by atoms with Gasteiger partial charge in [-0.3, -0.25) is 4.79 Å². The summed E-state index contributed by atoms with van der Waals surface area (Å²) >= 11 is 0. The molecule has 0 aliphatic rings. The van der Waals surface area contributed by atoms with Crippen molar-refractivity contribution < 1.29 is 19.1 Å². The van der Waals surface area contributed by atoms with Gasteiger partial charge in [0, 0.05) is 18.4 Å². The molecule has 1 heterocycles. The number of carboxylic acid groups (broad SMARTS) is 1. The van der Waals surface area contributed by atoms with Crippen molar-refractivity contribution in [2.75, 3.05) is 0 Å². The Morgan fingerprint density at radius 3 is 2.28 bits per heavy atom. The average Bonchev–Trinajstić information content (AvgIpc) is 3.12. The molecule has 2 aromatic carbocycles. The van der Waals surface area contributed by atoms with Gasteiger partial charge in [-0.15, -0.1) is 0 Å². The van der Waals surface area contributed by atoms with Gasteiger partial charge in [0.15, 0.2) is 17.2 Å². The van der Waals surface area contributed by atoms with Crippen LogP contribution in [0.15, 0.2) is 65.1 Å². The van der Waals surface area contributed by atoms with Crippen LogP contribution < -0.4 is 5.32 Å². The Morgan fingerprint density at radius 2 is 1.69 bits per heavy atom. The molecule has 0 fully saturated rings. The van der Waals surface area contributed by atoms with E-state index in [0.717, 1.165) is 11.3 Å². The predicted octanol–water partition coefficient (Wildman–Crippen LogP) is 4.09. The van der Waals surface area contributed by atoms with Gasteiger partial charge in [0.05, 0.1) is 5.69 Å². The molecule has 6 nitrogen and oxygen atoms in total. The van der Waals surface area contributed by atoms with Crippen LogP contribution in [0.4, 0.5) is 0 Å². The summed E-state index contributed by atoms with van der Waals surface area (Å²) in [5, 5.41) is 12.5. The molecule has 0 aliphatic carbocycles. The minimum Gasteiger partial charge on any atom is -0.479 e. The Kier molecular flexibility index (Phi) is 6.12. The first-order valence-electron chi connectivity index (χ1n) is 9.58. The van der Waals surface area contributed by atoms with Crippen LogP contribution >= 0.6 is 0 Å². The van der Waals surface area contributed by atoms with E-state index in [2.05, 4.69) is 10.3 Å². The molecule has 6 heteroatoms. The second-order valence-electron chi connectivity index (χ2n) is 6.87. The Morgan fingerprint density at radius 1 is 1.07 bits per heavy atom. The topological polar surface area (TPSA) is 92.4 Å². The third-order valence-electron chi connectivity index (χ3n) is 4.96. The summed E-state index contributed by atoms with van der Waals surface area (Å²) in [5.74, 6) is -0.319. The number of carboxylic acids is 1. The summed E-state index contributed by atoms with van der Waals surface area (Å²) in [7, 11) is 0. The molecule has 1 unspecified atom stereocenters. The molecule has 2 N–H and O–H groups in total. The summed E-state index contributed by atoms with van der Waals surface area (Å²) in [6.07, 6.45) is 0.595. The Balaban J connectivity index is 1.71. The summed E-state index contributed by atoms with van der Waals surface area (Å²) in [5.41, 5.74) is 0.763. The zero-order valence-electron chi connectivity index (χ0n) is 16.5. The van der Waals surface area contributed by atoms with E-state index in [-0.39, 0.29) is 25.2 Å². The maximum atomic E-state index is 12.6. The van der Waals surface area contributed by atoms with E-state index in [1.54, 1.807) is 31.2 Å². The van der Waals surface area contributed by atoms with E-state index >= 15 is 0 Å². The van der Waals surface area contributed by atoms with E-state index in [1.807, 2.05) is 43.3 Å². The van der Waals surface area contributed by atoms with Crippen molar-refractivity contribution in [3.05, 3.63) is 77.8 Å². The van der Waals surface area contributed by atoms with Crippen molar-refractivity contribution in [2.24, 2.45) is 0 Å². The van der Waals surface area contributed by atoms with E-state index in [9.17, 15) is 14.7 Å². The second kappa shape index (κ2) is 8.73. The highest BCUT2D eigenvalue weighted by atomic mass is 16.4. The van der Waals surface area contributed by atoms with Crippen LogP contribution in [0.5, 0.6) is 0 Å². The molecule has 3 rings (SSSR count). The third-order valence-corrected chi connectivity index (χ3v) is 4.96. The smallest absolute Gasteiger partial charge is 0.334 e. The van der Waals surface area contributed by atoms with E-state index in [4.69, 9.17) is 4.42 Å². The lowest BCUT2D eigenvalue weighted by atomic mass is 9.87. The van der Waals surface area contributed by atoms with Crippen LogP contribution in [-0.4, -0.2) is 22.0 Å². The number of oxazole rings is 1. The predicted molar refractivity (Wildman–Crippen MR) is 109 cm³/mol. The molecule has 29 heavy (non-hydrogen) atoms. The van der Waals surface area contributed by atoms with Gasteiger partial charge in [0.25, 0.3) is 0 Å². The highest BCUT2D eigenvalue weighted by Crippen LogP contribution is 2.27. The Hall–Kier alpha value is -3.41. The quantitative estimate of drug-likeness (QED) is 0.602. The van der Waals surface area contributed by atoms with Crippen molar-refractivity contribution in [1.29, 1.82) is 0 Å². The van der Waals surface area contributed by atoms with Gasteiger partial charge in [-0.05, 0) is 18.9 Å². The number of carbonyl (C=O) groups excluding carboxylic acids is 1. The normalized spacial score (nSPS) is 12.9. The molecule has 0 radical (unpaired) electrons. The number of nitrogens with one attached hydrogen (secondary N) is 1. The molecule has 3 aromatic rings. The minimum absolute atomic E-state index is 0.0794. The molecule has 1 atom stereocenters. The first kappa shape index (κ1) is 20.3. The van der Waals surface area contributed by atoms with Crippen LogP contribution in [-0.2, 0) is 21.5 Å². The number of hydrogen-bond acceptors (Lipinski definition) is 4. The van der Waals surface area contributed by atoms with E-state index in [1.165, 1.54) is 0 Å². The number of aryl methyl sites for hydroxylation is 2. The van der Waals surface area contributed by atoms with Crippen LogP contribution in [0.3, 0.4) is 0 Å². The molecule has 0 bridgehead atoms. The van der Waals surface area contributed by atoms with Crippen molar-refractivity contribution in [1.82, 2.24) is 10.3 Å². The van der Waals surface area contributed by atoms with Crippen molar-refractivity contribution in [3.63, 3.8) is 0 Å². The van der Waals surface area contributed by atoms with Crippen LogP contribution in [0.2, 0.25) is 0 Å². The van der Waals surface area contributed by atoms with Gasteiger partial charge in [-0.2, -0.15) is 0 Å². The first-order chi connectivity index (χ1) is 14.0. The minimum atomic E-state index is -1.46. The summed E-state index contributed by atoms with van der Waals surface area (Å²) in [6.45, 7) is 3.60. The number of benzene rings is 2. The zero-order valence-corrected chi connectivity index (χ0v) is 16.5. The van der Waals surface area contributed by atoms with Gasteiger partial charge in [0.2, 0.25) is 5.91 Å². The van der Waals surface area contributed by atoms with Crippen LogP contribution in [0.1, 0.15) is 36.9 Å². The van der Waals surface area contributed by atoms with Gasteiger partial charge >= 0.3 is 5.97 Å². The molecule has 0 aliphatic heterocycles. The number of amides is 1. The molecule has 0 spiro atoms. The SMILES string of the molecule is CCC(NC(=O)CCc1nc(C)c(-c2ccccc2)o1)(C(=O)O)c1ccccc1. The second-order valence-corrected chi connectivity index (χ2v) is 6.87. The highest BCUT2D eigenvalue weighted by molar-refractivity contribution is 5.88. The van der Waals surface area contributed by atoms with Gasteiger partial charge in [-0.25, -0.2) is 9.78 Å². The molecular formula is C23H24N2O4. The molecule has 0 saturated heterocycles. The zero-order chi connectivity index (χ0) is 20.9. The fourth-order valence-electron chi connectivity index (χ4n) is 3.35. The van der Waals surface area contributed by atoms with E-state index in [0.29, 0.717) is 17.2 Å². The van der Waals surface area contributed by atoms with Crippen LogP contribution in [0, 0.1) is 6.92 Å². The van der Waals surface area contributed by atoms with Gasteiger partial charge in [0.1, 0.15) is 0 Å². The first-order valence-corrected chi connectivity index (χ1v) is 9.58. The van der Waals surface area contributed by atoms with Crippen molar-refractivity contribution >= 4 is 11.9 Å². The number of aliphatic carboxylic acids is 1. The fourth-order valence-corrected chi connectivity index (χ4v) is 3.35. The number of hydrogen-bond donors (Lipinski definition) is 2. The summed E-state index contributed by atoms with van der Waals surface area (Å²) in [6, 6.07) is 18.4. The van der Waals surface area contributed by atoms with Gasteiger partial charge in [-0.1, -0.05) is 67.6 Å². The molecule has 1 amide bonds. The lowest BCUT2D eigenvalue weighted by Crippen LogP contribution is -2.51. The standard InChI is InChI=1S/C23H24N2O4/c1-3-23(22(27)28,18-12-8-5-9-13-18)25-19(26)14-15-20-24-16(2)21(29-20)17-10-6-4-7-11-17/h4-13H,3,14-15H2,1-2H3,(H,25,26)(H,27,28). The Labute approximate surface area is 169 Å². The maximum absolute atomic E-state index is 12.6. The number of carbonyl (C=O) groups is 2. The summed E-state index contributed by atoms with van der Waals surface area (Å²) < 4.78 is 5.83. The number of nitrogens with zero attached hydrogens (tertiary/aromatic N) is 1. The lowest BCUT2D eigenvalue weighted by molar-refractivity contribution is -0.148. The van der Waals surface area contributed by atoms with Crippen molar-refractivity contribution in [2.45, 2.75) is 38.6 Å². The number of rotatable bonds is 8. The lowest BCUT2D eigenvalue weighted by Gasteiger charge is -2.30. The largest absolute Gasteiger partial charge is 0.479 e. The Bertz CT molecular complexity index is 983. The molecule has 1 aromatic heterocycles. The monoisotopic (exact) mass is 392 g/mol. The van der Waals surface area contributed by atoms with Crippen LogP contribution in [0.25, 0.3) is 11.3 Å². The van der Waals surface area contributed by atoms with Gasteiger partial charge < -0.3 is 14.8 Å². The molecule has 0 saturated carbocycles. The average molecular weight is 392 g/mol. The molecule has 150 valence electrons. The molecular weight excluding hydrogens is 368 g/mol. The highest BCUT2D eigenvalue weighted by Gasteiger charge is 2.40. The summed E-state index contributed by atoms with van der Waals surface area (Å²) in [4.78, 5) is 29.0. The third kappa shape index (κ3) is 4.37.